The Kier molecular flexibility index (Phi) is 4.17. The molecule has 1 aromatic heterocycles. The molecule has 17 heavy (non-hydrogen) atoms. The zero-order valence-electron chi connectivity index (χ0n) is 11.2. The summed E-state index contributed by atoms with van der Waals surface area (Å²) in [7, 11) is 2.07. The zero-order valence-corrected chi connectivity index (χ0v) is 12.0. The van der Waals surface area contributed by atoms with Crippen molar-refractivity contribution in [1.29, 1.82) is 0 Å². The van der Waals surface area contributed by atoms with Gasteiger partial charge in [-0.25, -0.2) is 4.98 Å². The van der Waals surface area contributed by atoms with Crippen molar-refractivity contribution >= 4 is 11.3 Å². The fourth-order valence-electron chi connectivity index (χ4n) is 2.68. The first-order chi connectivity index (χ1) is 8.11. The van der Waals surface area contributed by atoms with Gasteiger partial charge in [0.1, 0.15) is 5.01 Å². The molecule has 0 aromatic carbocycles. The van der Waals surface area contributed by atoms with Crippen molar-refractivity contribution in [2.75, 3.05) is 20.1 Å². The Morgan fingerprint density at radius 3 is 2.88 bits per heavy atom. The summed E-state index contributed by atoms with van der Waals surface area (Å²) in [6.07, 6.45) is 3.23. The van der Waals surface area contributed by atoms with Crippen molar-refractivity contribution in [2.45, 2.75) is 39.3 Å². The number of nitrogens with one attached hydrogen (secondary N) is 1. The molecule has 1 N–H and O–H groups in total. The lowest BCUT2D eigenvalue weighted by Gasteiger charge is -2.39. The van der Waals surface area contributed by atoms with E-state index in [0.29, 0.717) is 12.1 Å². The number of hydrogen-bond donors (Lipinski definition) is 1. The first-order valence-electron chi connectivity index (χ1n) is 6.45. The number of hydrogen-bond acceptors (Lipinski definition) is 4. The normalized spacial score (nSPS) is 28.2. The largest absolute Gasteiger partial charge is 0.317 e. The predicted molar refractivity (Wildman–Crippen MR) is 73.5 cm³/mol. The second-order valence-electron chi connectivity index (χ2n) is 5.14. The molecule has 0 bridgehead atoms. The van der Waals surface area contributed by atoms with Crippen molar-refractivity contribution in [1.82, 2.24) is 15.2 Å². The van der Waals surface area contributed by atoms with Gasteiger partial charge < -0.3 is 5.32 Å². The van der Waals surface area contributed by atoms with E-state index in [2.05, 4.69) is 43.0 Å². The van der Waals surface area contributed by atoms with Gasteiger partial charge >= 0.3 is 0 Å². The smallest absolute Gasteiger partial charge is 0.110 e. The first-order valence-corrected chi connectivity index (χ1v) is 7.27. The van der Waals surface area contributed by atoms with Gasteiger partial charge in [0, 0.05) is 30.2 Å². The molecule has 1 aliphatic rings. The van der Waals surface area contributed by atoms with Crippen LogP contribution in [0.25, 0.3) is 0 Å². The molecule has 3 nitrogen and oxygen atoms in total. The highest BCUT2D eigenvalue weighted by atomic mass is 32.1. The highest BCUT2D eigenvalue weighted by molar-refractivity contribution is 7.11. The molecule has 2 heterocycles. The highest BCUT2D eigenvalue weighted by Gasteiger charge is 2.28. The third-order valence-corrected chi connectivity index (χ3v) is 4.93. The highest BCUT2D eigenvalue weighted by Crippen LogP contribution is 2.28. The summed E-state index contributed by atoms with van der Waals surface area (Å²) in [6.45, 7) is 9.10. The van der Waals surface area contributed by atoms with Crippen LogP contribution in [-0.2, 0) is 0 Å². The van der Waals surface area contributed by atoms with E-state index in [4.69, 9.17) is 0 Å². The molecular formula is C13H23N3S. The number of likely N-dealkylation sites (tertiary alicyclic amines) is 1. The number of aromatic nitrogens is 1. The van der Waals surface area contributed by atoms with E-state index >= 15 is 0 Å². The van der Waals surface area contributed by atoms with E-state index in [9.17, 15) is 0 Å². The lowest BCUT2D eigenvalue weighted by Crippen LogP contribution is -2.47. The number of nitrogens with zero attached hydrogens (tertiary/aromatic N) is 2. The van der Waals surface area contributed by atoms with Gasteiger partial charge in [0.25, 0.3) is 0 Å². The molecule has 1 aromatic rings. The quantitative estimate of drug-likeness (QED) is 0.897. The van der Waals surface area contributed by atoms with Gasteiger partial charge in [0.2, 0.25) is 0 Å². The van der Waals surface area contributed by atoms with E-state index in [1.54, 1.807) is 0 Å². The van der Waals surface area contributed by atoms with E-state index in [0.717, 1.165) is 5.92 Å². The molecule has 0 aliphatic carbocycles. The fourth-order valence-corrected chi connectivity index (χ4v) is 3.54. The molecule has 3 atom stereocenters. The van der Waals surface area contributed by atoms with Gasteiger partial charge in [-0.1, -0.05) is 6.92 Å². The molecule has 0 amide bonds. The van der Waals surface area contributed by atoms with Gasteiger partial charge in [-0.3, -0.25) is 4.90 Å². The zero-order chi connectivity index (χ0) is 12.4. The Labute approximate surface area is 108 Å². The van der Waals surface area contributed by atoms with Gasteiger partial charge in [0.15, 0.2) is 0 Å². The molecule has 1 aliphatic heterocycles. The standard InChI is InChI=1S/C13H23N3S/c1-9-8-16(6-5-12(9)14-4)11(3)13-15-7-10(2)17-13/h7,9,11-12,14H,5-6,8H2,1-4H3. The van der Waals surface area contributed by atoms with Crippen molar-refractivity contribution in [2.24, 2.45) is 5.92 Å². The van der Waals surface area contributed by atoms with E-state index < -0.39 is 0 Å². The van der Waals surface area contributed by atoms with Crippen LogP contribution in [-0.4, -0.2) is 36.1 Å². The maximum atomic E-state index is 4.52. The van der Waals surface area contributed by atoms with Crippen LogP contribution in [0.1, 0.15) is 36.2 Å². The molecule has 0 radical (unpaired) electrons. The van der Waals surface area contributed by atoms with Crippen LogP contribution >= 0.6 is 11.3 Å². The molecule has 4 heteroatoms. The van der Waals surface area contributed by atoms with Crippen LogP contribution in [0.15, 0.2) is 6.20 Å². The van der Waals surface area contributed by atoms with E-state index in [1.807, 2.05) is 17.5 Å². The SMILES string of the molecule is CNC1CCN(C(C)c2ncc(C)s2)CC1C. The maximum absolute atomic E-state index is 4.52. The molecule has 1 saturated heterocycles. The number of thiazole rings is 1. The Morgan fingerprint density at radius 2 is 2.35 bits per heavy atom. The van der Waals surface area contributed by atoms with Crippen molar-refractivity contribution in [3.05, 3.63) is 16.1 Å². The van der Waals surface area contributed by atoms with Crippen LogP contribution in [0.5, 0.6) is 0 Å². The third-order valence-electron chi connectivity index (χ3n) is 3.85. The van der Waals surface area contributed by atoms with Crippen LogP contribution in [0.4, 0.5) is 0 Å². The molecule has 2 rings (SSSR count). The Morgan fingerprint density at radius 1 is 1.59 bits per heavy atom. The first kappa shape index (κ1) is 13.0. The average molecular weight is 253 g/mol. The summed E-state index contributed by atoms with van der Waals surface area (Å²) < 4.78 is 0. The Balaban J connectivity index is 1.99. The lowest BCUT2D eigenvalue weighted by atomic mass is 9.93. The Hall–Kier alpha value is -0.450. The molecule has 0 spiro atoms. The summed E-state index contributed by atoms with van der Waals surface area (Å²) in [5.41, 5.74) is 0. The number of piperidine rings is 1. The summed E-state index contributed by atoms with van der Waals surface area (Å²) in [4.78, 5) is 8.39. The molecular weight excluding hydrogens is 230 g/mol. The van der Waals surface area contributed by atoms with Gasteiger partial charge in [-0.05, 0) is 33.2 Å². The van der Waals surface area contributed by atoms with Crippen LogP contribution in [0, 0.1) is 12.8 Å². The molecule has 3 unspecified atom stereocenters. The number of rotatable bonds is 3. The van der Waals surface area contributed by atoms with Gasteiger partial charge in [-0.2, -0.15) is 0 Å². The predicted octanol–water partition coefficient (Wildman–Crippen LogP) is 2.44. The second-order valence-corrected chi connectivity index (χ2v) is 6.41. The third kappa shape index (κ3) is 2.87. The van der Waals surface area contributed by atoms with Crippen LogP contribution in [0.3, 0.4) is 0 Å². The van der Waals surface area contributed by atoms with Gasteiger partial charge in [-0.15, -0.1) is 11.3 Å². The van der Waals surface area contributed by atoms with E-state index in [1.165, 1.54) is 29.4 Å². The lowest BCUT2D eigenvalue weighted by molar-refractivity contribution is 0.114. The second kappa shape index (κ2) is 5.46. The maximum Gasteiger partial charge on any atom is 0.110 e. The summed E-state index contributed by atoms with van der Waals surface area (Å²) >= 11 is 1.83. The monoisotopic (exact) mass is 253 g/mol. The summed E-state index contributed by atoms with van der Waals surface area (Å²) in [5.74, 6) is 0.720. The topological polar surface area (TPSA) is 28.2 Å². The van der Waals surface area contributed by atoms with Crippen molar-refractivity contribution in [3.63, 3.8) is 0 Å². The fraction of sp³-hybridized carbons (Fsp3) is 0.769. The molecule has 0 saturated carbocycles. The number of aryl methyl sites for hydroxylation is 1. The van der Waals surface area contributed by atoms with Gasteiger partial charge in [0.05, 0.1) is 6.04 Å². The van der Waals surface area contributed by atoms with Crippen LogP contribution in [0.2, 0.25) is 0 Å². The van der Waals surface area contributed by atoms with Crippen molar-refractivity contribution < 1.29 is 0 Å². The van der Waals surface area contributed by atoms with Crippen LogP contribution < -0.4 is 5.32 Å². The molecule has 96 valence electrons. The summed E-state index contributed by atoms with van der Waals surface area (Å²) in [6, 6.07) is 1.14. The minimum atomic E-state index is 0.467. The average Bonchev–Trinajstić information content (AvgIpc) is 2.75. The summed E-state index contributed by atoms with van der Waals surface area (Å²) in [5, 5.41) is 4.68. The van der Waals surface area contributed by atoms with E-state index in [-0.39, 0.29) is 0 Å². The molecule has 1 fully saturated rings. The Bertz CT molecular complexity index is 363. The minimum Gasteiger partial charge on any atom is -0.317 e. The van der Waals surface area contributed by atoms with Crippen molar-refractivity contribution in [3.8, 4) is 0 Å². The minimum absolute atomic E-state index is 0.467.